The second-order valence-electron chi connectivity index (χ2n) is 2.86. The van der Waals surface area contributed by atoms with Crippen LogP contribution in [0.3, 0.4) is 0 Å². The molecule has 0 atom stereocenters. The van der Waals surface area contributed by atoms with Gasteiger partial charge in [-0.1, -0.05) is 0 Å². The molecule has 0 unspecified atom stereocenters. The van der Waals surface area contributed by atoms with Gasteiger partial charge >= 0.3 is 0 Å². The highest BCUT2D eigenvalue weighted by Gasteiger charge is 1.89. The van der Waals surface area contributed by atoms with Gasteiger partial charge < -0.3 is 13.9 Å². The van der Waals surface area contributed by atoms with E-state index in [9.17, 15) is 0 Å². The van der Waals surface area contributed by atoms with Crippen molar-refractivity contribution < 1.29 is 4.74 Å². The van der Waals surface area contributed by atoms with Crippen molar-refractivity contribution in [2.24, 2.45) is 0 Å². The molecule has 0 amide bonds. The van der Waals surface area contributed by atoms with Gasteiger partial charge in [-0.25, -0.2) is 0 Å². The maximum atomic E-state index is 5.45. The summed E-state index contributed by atoms with van der Waals surface area (Å²) < 4.78 is 9.43. The van der Waals surface area contributed by atoms with Gasteiger partial charge in [0.1, 0.15) is 13.5 Å². The molecule has 2 aromatic rings. The lowest BCUT2D eigenvalue weighted by atomic mass is 10.7. The Bertz CT molecular complexity index is 289. The van der Waals surface area contributed by atoms with Crippen molar-refractivity contribution in [3.05, 3.63) is 49.1 Å². The zero-order valence-corrected chi connectivity index (χ0v) is 7.34. The summed E-state index contributed by atoms with van der Waals surface area (Å²) in [5.74, 6) is 0. The van der Waals surface area contributed by atoms with Crippen molar-refractivity contribution in [2.75, 3.05) is 0 Å². The fourth-order valence-corrected chi connectivity index (χ4v) is 1.16. The van der Waals surface area contributed by atoms with Crippen LogP contribution < -0.4 is 0 Å². The third-order valence-corrected chi connectivity index (χ3v) is 1.81. The summed E-state index contributed by atoms with van der Waals surface area (Å²) >= 11 is 0. The molecule has 0 fully saturated rings. The Morgan fingerprint density at radius 3 is 1.46 bits per heavy atom. The Kier molecular flexibility index (Phi) is 2.48. The molecule has 0 N–H and O–H groups in total. The van der Waals surface area contributed by atoms with Gasteiger partial charge in [0.2, 0.25) is 0 Å². The van der Waals surface area contributed by atoms with E-state index in [-0.39, 0.29) is 0 Å². The maximum Gasteiger partial charge on any atom is 0.124 e. The minimum atomic E-state index is 0.602. The Balaban J connectivity index is 1.76. The molecule has 0 aliphatic carbocycles. The van der Waals surface area contributed by atoms with E-state index in [0.29, 0.717) is 13.5 Å². The number of rotatable bonds is 4. The molecule has 0 saturated carbocycles. The summed E-state index contributed by atoms with van der Waals surface area (Å²) in [6.07, 6.45) is 7.93. The molecule has 68 valence electrons. The fraction of sp³-hybridized carbons (Fsp3) is 0.200. The molecule has 2 heterocycles. The number of nitrogens with zero attached hydrogens (tertiary/aromatic N) is 2. The number of hydrogen-bond donors (Lipinski definition) is 0. The summed E-state index contributed by atoms with van der Waals surface area (Å²) in [6, 6.07) is 7.94. The van der Waals surface area contributed by atoms with Crippen molar-refractivity contribution in [3.63, 3.8) is 0 Å². The van der Waals surface area contributed by atoms with Gasteiger partial charge in [0.25, 0.3) is 0 Å². The zero-order valence-electron chi connectivity index (χ0n) is 7.34. The van der Waals surface area contributed by atoms with Crippen LogP contribution in [0.4, 0.5) is 0 Å². The molecule has 3 nitrogen and oxygen atoms in total. The van der Waals surface area contributed by atoms with E-state index in [1.807, 2.05) is 58.2 Å². The van der Waals surface area contributed by atoms with Crippen LogP contribution in [0.15, 0.2) is 49.1 Å². The number of hydrogen-bond acceptors (Lipinski definition) is 1. The second-order valence-corrected chi connectivity index (χ2v) is 2.86. The van der Waals surface area contributed by atoms with Gasteiger partial charge in [-0.2, -0.15) is 0 Å². The molecule has 0 spiro atoms. The molecule has 0 aromatic carbocycles. The average molecular weight is 176 g/mol. The maximum absolute atomic E-state index is 5.45. The van der Waals surface area contributed by atoms with Crippen molar-refractivity contribution in [3.8, 4) is 0 Å². The topological polar surface area (TPSA) is 19.1 Å². The first-order valence-corrected chi connectivity index (χ1v) is 4.24. The van der Waals surface area contributed by atoms with Crippen molar-refractivity contribution in [2.45, 2.75) is 13.5 Å². The highest BCUT2D eigenvalue weighted by atomic mass is 16.5. The molecule has 0 aliphatic rings. The summed E-state index contributed by atoms with van der Waals surface area (Å²) in [6.45, 7) is 1.20. The second kappa shape index (κ2) is 3.96. The van der Waals surface area contributed by atoms with Gasteiger partial charge in [-0.3, -0.25) is 0 Å². The van der Waals surface area contributed by atoms with E-state index in [1.165, 1.54) is 0 Å². The Labute approximate surface area is 77.2 Å². The molecule has 0 radical (unpaired) electrons. The predicted octanol–water partition coefficient (Wildman–Crippen LogP) is 1.92. The van der Waals surface area contributed by atoms with Gasteiger partial charge in [-0.05, 0) is 24.3 Å². The standard InChI is InChI=1S/C10H12N2O/c1-2-6-11(5-1)9-13-10-12-7-3-4-8-12/h1-8H,9-10H2. The van der Waals surface area contributed by atoms with Crippen LogP contribution in [0.1, 0.15) is 0 Å². The zero-order chi connectivity index (χ0) is 8.93. The monoisotopic (exact) mass is 176 g/mol. The third-order valence-electron chi connectivity index (χ3n) is 1.81. The first-order chi connectivity index (χ1) is 6.45. The third kappa shape index (κ3) is 2.23. The van der Waals surface area contributed by atoms with Crippen LogP contribution in [-0.4, -0.2) is 9.13 Å². The van der Waals surface area contributed by atoms with Gasteiger partial charge in [0.05, 0.1) is 0 Å². The van der Waals surface area contributed by atoms with Gasteiger partial charge in [0.15, 0.2) is 0 Å². The molecule has 13 heavy (non-hydrogen) atoms. The Morgan fingerprint density at radius 1 is 0.692 bits per heavy atom. The van der Waals surface area contributed by atoms with E-state index in [1.54, 1.807) is 0 Å². The van der Waals surface area contributed by atoms with Crippen LogP contribution in [0.25, 0.3) is 0 Å². The normalized spacial score (nSPS) is 10.5. The SMILES string of the molecule is c1ccn(COCn2cccc2)c1. The molecule has 0 aliphatic heterocycles. The van der Waals surface area contributed by atoms with Crippen LogP contribution in [0, 0.1) is 0 Å². The lowest BCUT2D eigenvalue weighted by molar-refractivity contribution is 0.0278. The van der Waals surface area contributed by atoms with Crippen LogP contribution in [-0.2, 0) is 18.2 Å². The minimum absolute atomic E-state index is 0.602. The first kappa shape index (κ1) is 8.13. The lowest BCUT2D eigenvalue weighted by Gasteiger charge is -2.05. The average Bonchev–Trinajstić information content (AvgIpc) is 2.75. The highest BCUT2D eigenvalue weighted by Crippen LogP contribution is 1.94. The highest BCUT2D eigenvalue weighted by molar-refractivity contribution is 4.90. The minimum Gasteiger partial charge on any atom is -0.340 e. The summed E-state index contributed by atoms with van der Waals surface area (Å²) in [4.78, 5) is 0. The van der Waals surface area contributed by atoms with Crippen molar-refractivity contribution >= 4 is 0 Å². The predicted molar refractivity (Wildman–Crippen MR) is 49.9 cm³/mol. The lowest BCUT2D eigenvalue weighted by Crippen LogP contribution is -2.03. The number of aromatic nitrogens is 2. The van der Waals surface area contributed by atoms with Crippen LogP contribution in [0.2, 0.25) is 0 Å². The quantitative estimate of drug-likeness (QED) is 0.696. The van der Waals surface area contributed by atoms with E-state index in [0.717, 1.165) is 0 Å². The Hall–Kier alpha value is -1.48. The fourth-order valence-electron chi connectivity index (χ4n) is 1.16. The molecule has 2 rings (SSSR count). The van der Waals surface area contributed by atoms with Crippen molar-refractivity contribution in [1.29, 1.82) is 0 Å². The summed E-state index contributed by atoms with van der Waals surface area (Å²) in [5.41, 5.74) is 0. The molecule has 0 saturated heterocycles. The Morgan fingerprint density at radius 2 is 1.08 bits per heavy atom. The largest absolute Gasteiger partial charge is 0.340 e. The molecule has 0 bridgehead atoms. The van der Waals surface area contributed by atoms with E-state index >= 15 is 0 Å². The van der Waals surface area contributed by atoms with Crippen LogP contribution >= 0.6 is 0 Å². The van der Waals surface area contributed by atoms with Gasteiger partial charge in [-0.15, -0.1) is 0 Å². The van der Waals surface area contributed by atoms with E-state index in [4.69, 9.17) is 4.74 Å². The van der Waals surface area contributed by atoms with Crippen molar-refractivity contribution in [1.82, 2.24) is 9.13 Å². The summed E-state index contributed by atoms with van der Waals surface area (Å²) in [7, 11) is 0. The molecule has 2 aromatic heterocycles. The van der Waals surface area contributed by atoms with E-state index < -0.39 is 0 Å². The first-order valence-electron chi connectivity index (χ1n) is 4.24. The molecule has 3 heteroatoms. The molecular weight excluding hydrogens is 164 g/mol. The molecular formula is C10H12N2O. The smallest absolute Gasteiger partial charge is 0.124 e. The van der Waals surface area contributed by atoms with Gasteiger partial charge in [0, 0.05) is 24.8 Å². The number of ether oxygens (including phenoxy) is 1. The summed E-state index contributed by atoms with van der Waals surface area (Å²) in [5, 5.41) is 0. The van der Waals surface area contributed by atoms with Crippen LogP contribution in [0.5, 0.6) is 0 Å². The van der Waals surface area contributed by atoms with E-state index in [2.05, 4.69) is 0 Å².